The minimum absolute atomic E-state index is 0.134. The molecule has 0 spiro atoms. The lowest BCUT2D eigenvalue weighted by molar-refractivity contribution is -0.148. The number of hydrazine groups is 1. The number of hydrogen-bond acceptors (Lipinski definition) is 6. The highest BCUT2D eigenvalue weighted by Crippen LogP contribution is 2.43. The second-order valence-corrected chi connectivity index (χ2v) is 10.2. The summed E-state index contributed by atoms with van der Waals surface area (Å²) in [5.74, 6) is 7.69. The Labute approximate surface area is 178 Å². The lowest BCUT2D eigenvalue weighted by atomic mass is 9.69. The van der Waals surface area contributed by atoms with E-state index in [1.807, 2.05) is 9.91 Å². The van der Waals surface area contributed by atoms with Crippen molar-refractivity contribution in [2.24, 2.45) is 23.6 Å². The molecule has 0 aromatic heterocycles. The van der Waals surface area contributed by atoms with Crippen LogP contribution in [0.15, 0.2) is 0 Å². The van der Waals surface area contributed by atoms with Gasteiger partial charge in [-0.1, -0.05) is 0 Å². The Morgan fingerprint density at radius 3 is 2.20 bits per heavy atom. The predicted molar refractivity (Wildman–Crippen MR) is 110 cm³/mol. The molecule has 3 saturated carbocycles. The first-order valence-corrected chi connectivity index (χ1v) is 11.9. The van der Waals surface area contributed by atoms with Crippen molar-refractivity contribution >= 4 is 11.8 Å². The molecule has 3 N–H and O–H groups in total. The lowest BCUT2D eigenvalue weighted by Gasteiger charge is -2.41. The molecule has 0 radical (unpaired) electrons. The fourth-order valence-corrected chi connectivity index (χ4v) is 6.26. The van der Waals surface area contributed by atoms with Gasteiger partial charge >= 0.3 is 0 Å². The van der Waals surface area contributed by atoms with Crippen LogP contribution in [0.3, 0.4) is 0 Å². The number of carbonyl (C=O) groups excluding carboxylic acids is 2. The van der Waals surface area contributed by atoms with Gasteiger partial charge in [0.15, 0.2) is 0 Å². The summed E-state index contributed by atoms with van der Waals surface area (Å²) in [4.78, 5) is 29.0. The number of hydrogen-bond donors (Lipinski definition) is 2. The van der Waals surface area contributed by atoms with Crippen LogP contribution < -0.4 is 5.84 Å². The Morgan fingerprint density at radius 1 is 0.900 bits per heavy atom. The Kier molecular flexibility index (Phi) is 5.54. The third kappa shape index (κ3) is 3.87. The van der Waals surface area contributed by atoms with E-state index in [0.29, 0.717) is 69.7 Å². The molecule has 8 heteroatoms. The van der Waals surface area contributed by atoms with Gasteiger partial charge in [-0.15, -0.1) is 0 Å². The van der Waals surface area contributed by atoms with Crippen LogP contribution in [0.4, 0.5) is 0 Å². The van der Waals surface area contributed by atoms with E-state index in [0.717, 1.165) is 38.5 Å². The summed E-state index contributed by atoms with van der Waals surface area (Å²) < 4.78 is 5.88. The van der Waals surface area contributed by atoms with Crippen molar-refractivity contribution in [3.05, 3.63) is 0 Å². The number of carbonyl (C=O) groups is 2. The molecule has 5 fully saturated rings. The standard InChI is InChI=1S/C22H36N4O4/c23-26-14-30-19-13-17(5-6-18(19)26)15-1-3-16(4-2-15)20(27)24-9-11-25(12-10-24)21(28)22(29)7-8-22/h15-19,29H,1-14,23H2. The van der Waals surface area contributed by atoms with Crippen molar-refractivity contribution in [3.8, 4) is 0 Å². The van der Waals surface area contributed by atoms with E-state index in [1.165, 1.54) is 6.42 Å². The van der Waals surface area contributed by atoms with Crippen LogP contribution in [0.2, 0.25) is 0 Å². The fraction of sp³-hybridized carbons (Fsp3) is 0.909. The number of rotatable bonds is 3. The van der Waals surface area contributed by atoms with Crippen LogP contribution in [-0.2, 0) is 14.3 Å². The van der Waals surface area contributed by atoms with Gasteiger partial charge in [-0.3, -0.25) is 15.4 Å². The number of aliphatic hydroxyl groups is 1. The molecule has 2 heterocycles. The summed E-state index contributed by atoms with van der Waals surface area (Å²) in [7, 11) is 0. The van der Waals surface area contributed by atoms with E-state index in [1.54, 1.807) is 4.90 Å². The first kappa shape index (κ1) is 20.7. The van der Waals surface area contributed by atoms with Crippen molar-refractivity contribution < 1.29 is 19.4 Å². The molecule has 168 valence electrons. The van der Waals surface area contributed by atoms with E-state index in [2.05, 4.69) is 0 Å². The number of nitrogens with two attached hydrogens (primary N) is 1. The largest absolute Gasteiger partial charge is 0.380 e. The highest BCUT2D eigenvalue weighted by Gasteiger charge is 2.50. The van der Waals surface area contributed by atoms with E-state index >= 15 is 0 Å². The second kappa shape index (κ2) is 8.04. The zero-order chi connectivity index (χ0) is 20.9. The second-order valence-electron chi connectivity index (χ2n) is 10.2. The van der Waals surface area contributed by atoms with Crippen molar-refractivity contribution in [2.45, 2.75) is 75.5 Å². The molecule has 0 bridgehead atoms. The smallest absolute Gasteiger partial charge is 0.254 e. The first-order chi connectivity index (χ1) is 14.4. The average molecular weight is 421 g/mol. The van der Waals surface area contributed by atoms with Gasteiger partial charge in [-0.25, -0.2) is 5.01 Å². The number of nitrogens with zero attached hydrogens (tertiary/aromatic N) is 3. The van der Waals surface area contributed by atoms with Crippen LogP contribution in [0.5, 0.6) is 0 Å². The predicted octanol–water partition coefficient (Wildman–Crippen LogP) is 0.689. The molecule has 0 aromatic rings. The van der Waals surface area contributed by atoms with Crippen molar-refractivity contribution in [1.82, 2.24) is 14.8 Å². The monoisotopic (exact) mass is 420 g/mol. The molecular formula is C22H36N4O4. The van der Waals surface area contributed by atoms with E-state index < -0.39 is 5.60 Å². The maximum Gasteiger partial charge on any atom is 0.254 e. The number of piperazine rings is 1. The maximum absolute atomic E-state index is 13.0. The fourth-order valence-electron chi connectivity index (χ4n) is 6.26. The summed E-state index contributed by atoms with van der Waals surface area (Å²) in [6, 6.07) is 0.394. The zero-order valence-corrected chi connectivity index (χ0v) is 17.9. The molecule has 2 saturated heterocycles. The van der Waals surface area contributed by atoms with E-state index in [-0.39, 0.29) is 17.7 Å². The van der Waals surface area contributed by atoms with Gasteiger partial charge in [0, 0.05) is 32.1 Å². The maximum atomic E-state index is 13.0. The molecule has 2 amide bonds. The minimum atomic E-state index is -1.10. The molecule has 2 aliphatic heterocycles. The van der Waals surface area contributed by atoms with Gasteiger partial charge in [-0.05, 0) is 69.6 Å². The highest BCUT2D eigenvalue weighted by atomic mass is 16.5. The van der Waals surface area contributed by atoms with Crippen LogP contribution >= 0.6 is 0 Å². The molecule has 3 atom stereocenters. The third-order valence-corrected chi connectivity index (χ3v) is 8.45. The van der Waals surface area contributed by atoms with Crippen molar-refractivity contribution in [3.63, 3.8) is 0 Å². The summed E-state index contributed by atoms with van der Waals surface area (Å²) in [6.45, 7) is 2.84. The van der Waals surface area contributed by atoms with Crippen LogP contribution in [-0.4, -0.2) is 82.4 Å². The van der Waals surface area contributed by atoms with E-state index in [9.17, 15) is 14.7 Å². The summed E-state index contributed by atoms with van der Waals surface area (Å²) in [5.41, 5.74) is -1.10. The number of amides is 2. The van der Waals surface area contributed by atoms with Gasteiger partial charge in [0.25, 0.3) is 5.91 Å². The molecule has 3 unspecified atom stereocenters. The molecule has 8 nitrogen and oxygen atoms in total. The Balaban J connectivity index is 1.07. The Morgan fingerprint density at radius 2 is 1.53 bits per heavy atom. The molecule has 3 aliphatic carbocycles. The first-order valence-electron chi connectivity index (χ1n) is 11.9. The molecule has 5 aliphatic rings. The van der Waals surface area contributed by atoms with Crippen molar-refractivity contribution in [1.29, 1.82) is 0 Å². The summed E-state index contributed by atoms with van der Waals surface area (Å²) in [6.07, 6.45) is 9.15. The Hall–Kier alpha value is -1.22. The van der Waals surface area contributed by atoms with Crippen LogP contribution in [0, 0.1) is 17.8 Å². The highest BCUT2D eigenvalue weighted by molar-refractivity contribution is 5.88. The molecular weight excluding hydrogens is 384 g/mol. The topological polar surface area (TPSA) is 99.3 Å². The molecule has 5 rings (SSSR count). The lowest BCUT2D eigenvalue weighted by Crippen LogP contribution is -2.54. The molecule has 0 aromatic carbocycles. The Bertz CT molecular complexity index is 668. The van der Waals surface area contributed by atoms with Gasteiger partial charge in [0.1, 0.15) is 12.3 Å². The quantitative estimate of drug-likeness (QED) is 0.652. The van der Waals surface area contributed by atoms with Crippen molar-refractivity contribution in [2.75, 3.05) is 32.9 Å². The summed E-state index contributed by atoms with van der Waals surface area (Å²) >= 11 is 0. The summed E-state index contributed by atoms with van der Waals surface area (Å²) in [5, 5.41) is 11.9. The van der Waals surface area contributed by atoms with Crippen LogP contribution in [0.1, 0.15) is 57.8 Å². The van der Waals surface area contributed by atoms with Gasteiger partial charge < -0.3 is 19.6 Å². The average Bonchev–Trinajstić information content (AvgIpc) is 3.44. The van der Waals surface area contributed by atoms with Gasteiger partial charge in [0.2, 0.25) is 5.91 Å². The normalized spacial score (nSPS) is 38.9. The van der Waals surface area contributed by atoms with Gasteiger partial charge in [0.05, 0.1) is 12.1 Å². The minimum Gasteiger partial charge on any atom is -0.380 e. The number of ether oxygens (including phenoxy) is 1. The molecule has 30 heavy (non-hydrogen) atoms. The number of fused-ring (bicyclic) bond motifs is 1. The van der Waals surface area contributed by atoms with E-state index in [4.69, 9.17) is 10.6 Å². The third-order valence-electron chi connectivity index (χ3n) is 8.45. The van der Waals surface area contributed by atoms with Gasteiger partial charge in [-0.2, -0.15) is 0 Å². The zero-order valence-electron chi connectivity index (χ0n) is 17.9. The van der Waals surface area contributed by atoms with Crippen LogP contribution in [0.25, 0.3) is 0 Å². The SMILES string of the molecule is NN1COC2CC(C3CCC(C(=O)N4CCN(C(=O)C5(O)CC5)CC4)CC3)CCC21.